The third kappa shape index (κ3) is 5.33. The second-order valence-corrected chi connectivity index (χ2v) is 9.72. The molecule has 0 unspecified atom stereocenters. The van der Waals surface area contributed by atoms with Crippen LogP contribution in [0.3, 0.4) is 0 Å². The van der Waals surface area contributed by atoms with Crippen molar-refractivity contribution in [2.75, 3.05) is 5.32 Å². The predicted molar refractivity (Wildman–Crippen MR) is 144 cm³/mol. The number of hydrogen-bond donors (Lipinski definition) is 3. The van der Waals surface area contributed by atoms with E-state index in [9.17, 15) is 14.7 Å². The van der Waals surface area contributed by atoms with Crippen molar-refractivity contribution in [1.82, 2.24) is 15.1 Å². The van der Waals surface area contributed by atoms with Gasteiger partial charge in [-0.1, -0.05) is 60.0 Å². The molecule has 1 heterocycles. The van der Waals surface area contributed by atoms with E-state index in [4.69, 9.17) is 23.2 Å². The summed E-state index contributed by atoms with van der Waals surface area (Å²) in [6.45, 7) is 0.267. The van der Waals surface area contributed by atoms with Gasteiger partial charge < -0.3 is 15.7 Å². The van der Waals surface area contributed by atoms with Gasteiger partial charge in [0.25, 0.3) is 5.91 Å². The molecule has 9 heteroatoms. The number of nitrogens with one attached hydrogen (secondary N) is 2. The molecule has 0 saturated heterocycles. The topological polar surface area (TPSA) is 96.3 Å². The predicted octanol–water partition coefficient (Wildman–Crippen LogP) is 6.84. The summed E-state index contributed by atoms with van der Waals surface area (Å²) in [6, 6.07) is 20.3. The summed E-state index contributed by atoms with van der Waals surface area (Å²) in [4.78, 5) is 25.7. The van der Waals surface area contributed by atoms with E-state index in [2.05, 4.69) is 15.7 Å². The van der Waals surface area contributed by atoms with Gasteiger partial charge >= 0.3 is 6.03 Å². The number of aromatic nitrogens is 2. The maximum atomic E-state index is 13.1. The molecule has 4 aromatic rings. The minimum absolute atomic E-state index is 0.0711. The largest absolute Gasteiger partial charge is 0.507 e. The van der Waals surface area contributed by atoms with Gasteiger partial charge in [-0.15, -0.1) is 0 Å². The summed E-state index contributed by atoms with van der Waals surface area (Å²) < 4.78 is 1.38. The standard InChI is InChI=1S/C28H24Cl2N4O3/c29-22-10-3-1-6-18(22)16-31-28(37)34-25(17-7-5-8-17)15-24(33-34)21-13-12-19(14-26(21)35)32-27(36)20-9-2-4-11-23(20)30/h1-4,6,9-15,17,35H,5,7-8,16H2,(H,31,37)(H,32,36). The van der Waals surface area contributed by atoms with Crippen molar-refractivity contribution in [3.8, 4) is 17.0 Å². The monoisotopic (exact) mass is 534 g/mol. The maximum absolute atomic E-state index is 13.1. The molecule has 3 N–H and O–H groups in total. The Morgan fingerprint density at radius 3 is 2.38 bits per heavy atom. The first kappa shape index (κ1) is 24.9. The molecule has 0 aliphatic heterocycles. The lowest BCUT2D eigenvalue weighted by Crippen LogP contribution is -2.31. The number of phenolic OH excluding ortho intramolecular Hbond substituents is 1. The lowest BCUT2D eigenvalue weighted by Gasteiger charge is -2.25. The number of amides is 2. The lowest BCUT2D eigenvalue weighted by atomic mass is 9.82. The Morgan fingerprint density at radius 1 is 0.973 bits per heavy atom. The molecular weight excluding hydrogens is 511 g/mol. The first-order valence-electron chi connectivity index (χ1n) is 11.9. The van der Waals surface area contributed by atoms with Gasteiger partial charge in [0.15, 0.2) is 0 Å². The quantitative estimate of drug-likeness (QED) is 0.252. The van der Waals surface area contributed by atoms with E-state index in [0.29, 0.717) is 32.6 Å². The SMILES string of the molecule is O=C(Nc1ccc(-c2cc(C3CCC3)n(C(=O)NCc3ccccc3Cl)n2)c(O)c1)c1ccccc1Cl. The van der Waals surface area contributed by atoms with Crippen molar-refractivity contribution in [2.24, 2.45) is 0 Å². The van der Waals surface area contributed by atoms with Gasteiger partial charge in [-0.25, -0.2) is 4.79 Å². The van der Waals surface area contributed by atoms with E-state index in [1.54, 1.807) is 42.5 Å². The minimum atomic E-state index is -0.385. The Morgan fingerprint density at radius 2 is 1.70 bits per heavy atom. The highest BCUT2D eigenvalue weighted by Crippen LogP contribution is 2.39. The molecule has 7 nitrogen and oxygen atoms in total. The number of benzene rings is 3. The fourth-order valence-corrected chi connectivity index (χ4v) is 4.67. The van der Waals surface area contributed by atoms with Crippen LogP contribution in [0.15, 0.2) is 72.8 Å². The van der Waals surface area contributed by atoms with Crippen LogP contribution >= 0.6 is 23.2 Å². The average Bonchev–Trinajstić information content (AvgIpc) is 3.27. The molecule has 3 aromatic carbocycles. The number of carbonyl (C=O) groups excluding carboxylic acids is 2. The number of rotatable bonds is 6. The smallest absolute Gasteiger partial charge is 0.342 e. The van der Waals surface area contributed by atoms with Gasteiger partial charge in [-0.2, -0.15) is 9.78 Å². The molecule has 0 spiro atoms. The Balaban J connectivity index is 1.37. The van der Waals surface area contributed by atoms with Crippen LogP contribution in [0.5, 0.6) is 5.75 Å². The summed E-state index contributed by atoms with van der Waals surface area (Å²) in [5, 5.41) is 21.9. The fourth-order valence-electron chi connectivity index (χ4n) is 4.24. The van der Waals surface area contributed by atoms with E-state index in [-0.39, 0.29) is 30.2 Å². The van der Waals surface area contributed by atoms with Crippen LogP contribution < -0.4 is 10.6 Å². The van der Waals surface area contributed by atoms with Crippen molar-refractivity contribution >= 4 is 40.8 Å². The Hall–Kier alpha value is -3.81. The Labute approximate surface area is 224 Å². The zero-order chi connectivity index (χ0) is 25.9. The normalized spacial score (nSPS) is 13.1. The molecule has 188 valence electrons. The number of phenols is 1. The van der Waals surface area contributed by atoms with Gasteiger partial charge in [-0.3, -0.25) is 4.79 Å². The summed E-state index contributed by atoms with van der Waals surface area (Å²) in [7, 11) is 0. The van der Waals surface area contributed by atoms with Crippen LogP contribution in [0, 0.1) is 0 Å². The zero-order valence-electron chi connectivity index (χ0n) is 19.7. The molecular formula is C28H24Cl2N4O3. The van der Waals surface area contributed by atoms with E-state index in [1.165, 1.54) is 10.7 Å². The minimum Gasteiger partial charge on any atom is -0.507 e. The van der Waals surface area contributed by atoms with Crippen LogP contribution in [-0.4, -0.2) is 26.8 Å². The van der Waals surface area contributed by atoms with Gasteiger partial charge in [-0.05, 0) is 54.8 Å². The van der Waals surface area contributed by atoms with Crippen LogP contribution in [0.4, 0.5) is 10.5 Å². The van der Waals surface area contributed by atoms with Crippen LogP contribution in [0.25, 0.3) is 11.3 Å². The highest BCUT2D eigenvalue weighted by Gasteiger charge is 2.27. The van der Waals surface area contributed by atoms with Crippen molar-refractivity contribution < 1.29 is 14.7 Å². The molecule has 1 aromatic heterocycles. The van der Waals surface area contributed by atoms with Crippen LogP contribution in [0.1, 0.15) is 46.8 Å². The van der Waals surface area contributed by atoms with Crippen LogP contribution in [0.2, 0.25) is 10.0 Å². The van der Waals surface area contributed by atoms with Crippen molar-refractivity contribution in [3.05, 3.63) is 99.7 Å². The molecule has 0 radical (unpaired) electrons. The molecule has 1 aliphatic carbocycles. The number of halogens is 2. The molecule has 2 amide bonds. The van der Waals surface area contributed by atoms with Gasteiger partial charge in [0.1, 0.15) is 5.75 Å². The summed E-state index contributed by atoms with van der Waals surface area (Å²) in [6.07, 6.45) is 3.04. The van der Waals surface area contributed by atoms with E-state index in [0.717, 1.165) is 30.5 Å². The number of nitrogens with zero attached hydrogens (tertiary/aromatic N) is 2. The Bertz CT molecular complexity index is 1480. The fraction of sp³-hybridized carbons (Fsp3) is 0.179. The highest BCUT2D eigenvalue weighted by molar-refractivity contribution is 6.34. The average molecular weight is 535 g/mol. The third-order valence-electron chi connectivity index (χ3n) is 6.49. The molecule has 1 saturated carbocycles. The molecule has 0 bridgehead atoms. The van der Waals surface area contributed by atoms with Crippen molar-refractivity contribution in [3.63, 3.8) is 0 Å². The highest BCUT2D eigenvalue weighted by atomic mass is 35.5. The zero-order valence-corrected chi connectivity index (χ0v) is 21.3. The number of anilines is 1. The number of carbonyl (C=O) groups is 2. The first-order valence-corrected chi connectivity index (χ1v) is 12.7. The molecule has 1 fully saturated rings. The summed E-state index contributed by atoms with van der Waals surface area (Å²) >= 11 is 12.3. The van der Waals surface area contributed by atoms with Gasteiger partial charge in [0.2, 0.25) is 0 Å². The van der Waals surface area contributed by atoms with E-state index >= 15 is 0 Å². The molecule has 0 atom stereocenters. The third-order valence-corrected chi connectivity index (χ3v) is 7.19. The molecule has 37 heavy (non-hydrogen) atoms. The maximum Gasteiger partial charge on any atom is 0.342 e. The van der Waals surface area contributed by atoms with E-state index in [1.807, 2.05) is 24.3 Å². The first-order chi connectivity index (χ1) is 17.9. The van der Waals surface area contributed by atoms with Crippen LogP contribution in [-0.2, 0) is 6.54 Å². The molecule has 1 aliphatic rings. The van der Waals surface area contributed by atoms with Gasteiger partial charge in [0.05, 0.1) is 22.0 Å². The second-order valence-electron chi connectivity index (χ2n) is 8.91. The number of aromatic hydroxyl groups is 1. The summed E-state index contributed by atoms with van der Waals surface area (Å²) in [5.74, 6) is -0.230. The Kier molecular flexibility index (Phi) is 7.17. The molecule has 5 rings (SSSR count). The number of hydrogen-bond acceptors (Lipinski definition) is 4. The van der Waals surface area contributed by atoms with E-state index < -0.39 is 0 Å². The second kappa shape index (κ2) is 10.7. The summed E-state index contributed by atoms with van der Waals surface area (Å²) in [5.41, 5.74) is 3.27. The van der Waals surface area contributed by atoms with Crippen molar-refractivity contribution in [1.29, 1.82) is 0 Å². The lowest BCUT2D eigenvalue weighted by molar-refractivity contribution is 0.102. The van der Waals surface area contributed by atoms with Gasteiger partial charge in [0, 0.05) is 34.8 Å². The van der Waals surface area contributed by atoms with Crippen molar-refractivity contribution in [2.45, 2.75) is 31.7 Å².